The molecule has 3 heterocycles. The summed E-state index contributed by atoms with van der Waals surface area (Å²) in [5.41, 5.74) is 0.954. The highest BCUT2D eigenvalue weighted by Gasteiger charge is 2.33. The Hall–Kier alpha value is -2.62. The highest BCUT2D eigenvalue weighted by Crippen LogP contribution is 2.35. The monoisotopic (exact) mass is 474 g/mol. The predicted molar refractivity (Wildman–Crippen MR) is 125 cm³/mol. The van der Waals surface area contributed by atoms with Crippen LogP contribution in [0.2, 0.25) is 5.02 Å². The minimum Gasteiger partial charge on any atom is -0.495 e. The number of amidine groups is 1. The fourth-order valence-electron chi connectivity index (χ4n) is 2.81. The summed E-state index contributed by atoms with van der Waals surface area (Å²) in [5, 5.41) is 6.86. The van der Waals surface area contributed by atoms with E-state index in [-0.39, 0.29) is 11.8 Å². The summed E-state index contributed by atoms with van der Waals surface area (Å²) in [5.74, 6) is 1.99. The molecule has 0 bridgehead atoms. The topological polar surface area (TPSA) is 80.8 Å². The lowest BCUT2D eigenvalue weighted by atomic mass is 10.2. The van der Waals surface area contributed by atoms with Crippen LogP contribution in [0.5, 0.6) is 5.75 Å². The van der Waals surface area contributed by atoms with Crippen molar-refractivity contribution in [3.05, 3.63) is 63.0 Å². The van der Waals surface area contributed by atoms with Crippen molar-refractivity contribution in [1.29, 1.82) is 0 Å². The van der Waals surface area contributed by atoms with E-state index in [1.54, 1.807) is 31.4 Å². The van der Waals surface area contributed by atoms with Crippen LogP contribution >= 0.6 is 34.7 Å². The summed E-state index contributed by atoms with van der Waals surface area (Å²) in [6, 6.07) is 9.05. The van der Waals surface area contributed by atoms with Gasteiger partial charge in [0.15, 0.2) is 11.0 Å². The Kier molecular flexibility index (Phi) is 6.45. The van der Waals surface area contributed by atoms with Crippen molar-refractivity contribution in [3.63, 3.8) is 0 Å². The molecule has 0 saturated carbocycles. The number of halogens is 1. The van der Waals surface area contributed by atoms with E-state index in [2.05, 4.69) is 15.1 Å². The van der Waals surface area contributed by atoms with Gasteiger partial charge in [-0.1, -0.05) is 48.4 Å². The molecule has 0 atom stereocenters. The van der Waals surface area contributed by atoms with Crippen molar-refractivity contribution < 1.29 is 14.1 Å². The standard InChI is InChI=1S/C21H19ClN4O3S2/c1-12(2)19-24-18(29-25-19)11-31-21-23-16(10-14-5-4-8-30-14)20(27)26(21)13-6-7-17(28-3)15(22)9-13/h4-10,12H,11H2,1-3H3/b16-10+. The molecule has 0 spiro atoms. The summed E-state index contributed by atoms with van der Waals surface area (Å²) >= 11 is 9.19. The van der Waals surface area contributed by atoms with Crippen LogP contribution in [0.4, 0.5) is 5.69 Å². The Morgan fingerprint density at radius 3 is 2.84 bits per heavy atom. The molecule has 1 aliphatic heterocycles. The number of carbonyl (C=O) groups is 1. The smallest absolute Gasteiger partial charge is 0.283 e. The zero-order valence-corrected chi connectivity index (χ0v) is 19.4. The predicted octanol–water partition coefficient (Wildman–Crippen LogP) is 5.59. The van der Waals surface area contributed by atoms with Gasteiger partial charge in [-0.25, -0.2) is 4.99 Å². The lowest BCUT2D eigenvalue weighted by Crippen LogP contribution is -2.30. The molecule has 160 valence electrons. The Labute approximate surface area is 192 Å². The highest BCUT2D eigenvalue weighted by molar-refractivity contribution is 8.13. The first-order valence-electron chi connectivity index (χ1n) is 9.43. The van der Waals surface area contributed by atoms with Crippen LogP contribution in [-0.2, 0) is 10.5 Å². The third-order valence-electron chi connectivity index (χ3n) is 4.37. The molecule has 0 radical (unpaired) electrons. The minimum atomic E-state index is -0.231. The molecule has 2 aromatic heterocycles. The summed E-state index contributed by atoms with van der Waals surface area (Å²) < 4.78 is 10.6. The van der Waals surface area contributed by atoms with Crippen LogP contribution in [0.25, 0.3) is 6.08 Å². The van der Waals surface area contributed by atoms with E-state index >= 15 is 0 Å². The lowest BCUT2D eigenvalue weighted by Gasteiger charge is -2.18. The summed E-state index contributed by atoms with van der Waals surface area (Å²) in [6.45, 7) is 4.00. The Morgan fingerprint density at radius 2 is 2.19 bits per heavy atom. The SMILES string of the molecule is COc1ccc(N2C(=O)/C(=C\c3cccs3)N=C2SCc2nc(C(C)C)no2)cc1Cl. The van der Waals surface area contributed by atoms with Gasteiger partial charge < -0.3 is 9.26 Å². The number of hydrogen-bond donors (Lipinski definition) is 0. The first kappa shape index (κ1) is 21.6. The molecule has 0 unspecified atom stereocenters. The fourth-order valence-corrected chi connectivity index (χ4v) is 4.56. The summed E-state index contributed by atoms with van der Waals surface area (Å²) in [6.07, 6.45) is 1.78. The first-order chi connectivity index (χ1) is 15.0. The summed E-state index contributed by atoms with van der Waals surface area (Å²) in [7, 11) is 1.54. The Bertz CT molecular complexity index is 1160. The number of amides is 1. The summed E-state index contributed by atoms with van der Waals surface area (Å²) in [4.78, 5) is 24.7. The number of benzene rings is 1. The fraction of sp³-hybridized carbons (Fsp3) is 0.238. The molecule has 7 nitrogen and oxygen atoms in total. The number of rotatable bonds is 6. The number of methoxy groups -OCH3 is 1. The van der Waals surface area contributed by atoms with Gasteiger partial charge in [-0.3, -0.25) is 9.69 Å². The molecule has 4 rings (SSSR count). The van der Waals surface area contributed by atoms with Gasteiger partial charge in [0.2, 0.25) is 5.89 Å². The maximum atomic E-state index is 13.2. The van der Waals surface area contributed by atoms with Crippen molar-refractivity contribution in [2.24, 2.45) is 4.99 Å². The van der Waals surface area contributed by atoms with E-state index in [0.717, 1.165) is 4.88 Å². The average Bonchev–Trinajstić information content (AvgIpc) is 3.48. The lowest BCUT2D eigenvalue weighted by molar-refractivity contribution is -0.113. The number of carbonyl (C=O) groups excluding carboxylic acids is 1. The van der Waals surface area contributed by atoms with Crippen LogP contribution in [-0.4, -0.2) is 28.3 Å². The van der Waals surface area contributed by atoms with Gasteiger partial charge in [-0.2, -0.15) is 4.98 Å². The van der Waals surface area contributed by atoms with Crippen LogP contribution in [0.3, 0.4) is 0 Å². The molecule has 1 amide bonds. The second-order valence-electron chi connectivity index (χ2n) is 6.89. The van der Waals surface area contributed by atoms with Crippen molar-refractivity contribution >= 4 is 57.5 Å². The number of hydrogen-bond acceptors (Lipinski definition) is 8. The molecule has 1 aliphatic rings. The number of ether oxygens (including phenoxy) is 1. The third kappa shape index (κ3) is 4.68. The number of aromatic nitrogens is 2. The molecule has 0 fully saturated rings. The normalized spacial score (nSPS) is 15.3. The Morgan fingerprint density at radius 1 is 1.35 bits per heavy atom. The van der Waals surface area contributed by atoms with E-state index in [1.807, 2.05) is 31.4 Å². The zero-order chi connectivity index (χ0) is 22.0. The van der Waals surface area contributed by atoms with Gasteiger partial charge in [0.05, 0.1) is 23.6 Å². The van der Waals surface area contributed by atoms with Gasteiger partial charge in [0.1, 0.15) is 11.4 Å². The molecule has 0 N–H and O–H groups in total. The van der Waals surface area contributed by atoms with Crippen LogP contribution < -0.4 is 9.64 Å². The second kappa shape index (κ2) is 9.25. The third-order valence-corrected chi connectivity index (χ3v) is 6.41. The molecule has 0 aliphatic carbocycles. The van der Waals surface area contributed by atoms with Crippen LogP contribution in [0.1, 0.15) is 36.4 Å². The number of anilines is 1. The molecule has 31 heavy (non-hydrogen) atoms. The minimum absolute atomic E-state index is 0.172. The maximum Gasteiger partial charge on any atom is 0.283 e. The molecule has 10 heteroatoms. The van der Waals surface area contributed by atoms with Gasteiger partial charge in [0, 0.05) is 10.8 Å². The Balaban J connectivity index is 1.64. The quantitative estimate of drug-likeness (QED) is 0.433. The number of nitrogens with zero attached hydrogens (tertiary/aromatic N) is 4. The van der Waals surface area contributed by atoms with Gasteiger partial charge >= 0.3 is 0 Å². The van der Waals surface area contributed by atoms with E-state index < -0.39 is 0 Å². The van der Waals surface area contributed by atoms with Gasteiger partial charge in [-0.15, -0.1) is 11.3 Å². The highest BCUT2D eigenvalue weighted by atomic mass is 35.5. The molecule has 3 aromatic rings. The molecular weight excluding hydrogens is 456 g/mol. The van der Waals surface area contributed by atoms with E-state index in [9.17, 15) is 4.79 Å². The van der Waals surface area contributed by atoms with Crippen LogP contribution in [0.15, 0.2) is 50.9 Å². The number of thiophene rings is 1. The van der Waals surface area contributed by atoms with Crippen molar-refractivity contribution in [1.82, 2.24) is 10.1 Å². The number of thioether (sulfide) groups is 1. The van der Waals surface area contributed by atoms with E-state index in [1.165, 1.54) is 28.0 Å². The van der Waals surface area contributed by atoms with Gasteiger partial charge in [0.25, 0.3) is 5.91 Å². The number of aliphatic imine (C=N–C) groups is 1. The van der Waals surface area contributed by atoms with E-state index in [4.69, 9.17) is 20.9 Å². The van der Waals surface area contributed by atoms with Crippen molar-refractivity contribution in [2.45, 2.75) is 25.5 Å². The molecule has 1 aromatic carbocycles. The van der Waals surface area contributed by atoms with Crippen molar-refractivity contribution in [3.8, 4) is 5.75 Å². The average molecular weight is 475 g/mol. The maximum absolute atomic E-state index is 13.2. The molecular formula is C21H19ClN4O3S2. The second-order valence-corrected chi connectivity index (χ2v) is 9.22. The first-order valence-corrected chi connectivity index (χ1v) is 11.7. The molecule has 0 saturated heterocycles. The van der Waals surface area contributed by atoms with E-state index in [0.29, 0.717) is 44.8 Å². The zero-order valence-electron chi connectivity index (χ0n) is 17.0. The van der Waals surface area contributed by atoms with Crippen LogP contribution in [0, 0.1) is 0 Å². The van der Waals surface area contributed by atoms with Crippen molar-refractivity contribution in [2.75, 3.05) is 12.0 Å². The largest absolute Gasteiger partial charge is 0.495 e. The van der Waals surface area contributed by atoms with Gasteiger partial charge in [-0.05, 0) is 35.7 Å².